The number of aryl methyl sites for hydroxylation is 1. The van der Waals surface area contributed by atoms with Crippen LogP contribution in [0.3, 0.4) is 0 Å². The molecule has 1 fully saturated rings. The molecule has 1 atom stereocenters. The number of hydrogen-bond acceptors (Lipinski definition) is 4. The number of amides is 1. The lowest BCUT2D eigenvalue weighted by Crippen LogP contribution is -2.41. The quantitative estimate of drug-likeness (QED) is 0.697. The number of carbonyl (C=O) groups excluding carboxylic acids is 1. The zero-order valence-corrected chi connectivity index (χ0v) is 12.8. The summed E-state index contributed by atoms with van der Waals surface area (Å²) in [6.07, 6.45) is 0.718. The third kappa shape index (κ3) is 4.80. The summed E-state index contributed by atoms with van der Waals surface area (Å²) in [6, 6.07) is 7.43. The molecule has 1 aliphatic heterocycles. The summed E-state index contributed by atoms with van der Waals surface area (Å²) in [6.45, 7) is 2.40. The van der Waals surface area contributed by atoms with E-state index in [1.54, 1.807) is 6.07 Å². The first-order chi connectivity index (χ1) is 9.90. The highest BCUT2D eigenvalue weighted by molar-refractivity contribution is 7.88. The van der Waals surface area contributed by atoms with Crippen LogP contribution in [0.25, 0.3) is 0 Å². The Kier molecular flexibility index (Phi) is 4.97. The van der Waals surface area contributed by atoms with Crippen LogP contribution in [0.5, 0.6) is 0 Å². The first-order valence-corrected chi connectivity index (χ1v) is 8.47. The normalized spacial score (nSPS) is 17.9. The van der Waals surface area contributed by atoms with Crippen molar-refractivity contribution in [3.05, 3.63) is 35.4 Å². The number of hydrogen-bond donors (Lipinski definition) is 1. The standard InChI is InChI=1S/C14H20N2O4S/c1-2-11-4-3-5-12(6-11)10-21(18,19)16(8-14(15)17)7-13-9-20-13/h3-6,13H,2,7-10H2,1H3,(H2,15,17). The number of ether oxygens (including phenoxy) is 1. The first-order valence-electron chi connectivity index (χ1n) is 6.86. The van der Waals surface area contributed by atoms with Gasteiger partial charge >= 0.3 is 0 Å². The van der Waals surface area contributed by atoms with E-state index in [9.17, 15) is 13.2 Å². The van der Waals surface area contributed by atoms with Gasteiger partial charge in [-0.2, -0.15) is 4.31 Å². The minimum atomic E-state index is -3.60. The summed E-state index contributed by atoms with van der Waals surface area (Å²) >= 11 is 0. The Labute approximate surface area is 124 Å². The van der Waals surface area contributed by atoms with Crippen molar-refractivity contribution in [2.75, 3.05) is 19.7 Å². The molecule has 2 N–H and O–H groups in total. The highest BCUT2D eigenvalue weighted by Gasteiger charge is 2.32. The van der Waals surface area contributed by atoms with Gasteiger partial charge < -0.3 is 10.5 Å². The van der Waals surface area contributed by atoms with Gasteiger partial charge in [0.15, 0.2) is 0 Å². The molecular formula is C14H20N2O4S. The number of nitrogens with two attached hydrogens (primary N) is 1. The second kappa shape index (κ2) is 6.55. The first kappa shape index (κ1) is 15.9. The highest BCUT2D eigenvalue weighted by atomic mass is 32.2. The van der Waals surface area contributed by atoms with Crippen LogP contribution < -0.4 is 5.73 Å². The molecule has 2 rings (SSSR count). The maximum atomic E-state index is 12.5. The minimum absolute atomic E-state index is 0.124. The van der Waals surface area contributed by atoms with Gasteiger partial charge in [0.1, 0.15) is 0 Å². The Morgan fingerprint density at radius 1 is 1.43 bits per heavy atom. The topological polar surface area (TPSA) is 93.0 Å². The molecule has 1 saturated heterocycles. The number of nitrogens with zero attached hydrogens (tertiary/aromatic N) is 1. The number of primary amides is 1. The van der Waals surface area contributed by atoms with Crippen LogP contribution in [0.15, 0.2) is 24.3 Å². The van der Waals surface area contributed by atoms with Crippen molar-refractivity contribution in [1.29, 1.82) is 0 Å². The largest absolute Gasteiger partial charge is 0.372 e. The van der Waals surface area contributed by atoms with Crippen LogP contribution in [0.4, 0.5) is 0 Å². The molecule has 7 heteroatoms. The average molecular weight is 312 g/mol. The summed E-state index contributed by atoms with van der Waals surface area (Å²) in [5, 5.41) is 0. The van der Waals surface area contributed by atoms with Crippen molar-refractivity contribution >= 4 is 15.9 Å². The van der Waals surface area contributed by atoms with E-state index >= 15 is 0 Å². The molecule has 0 radical (unpaired) electrons. The summed E-state index contributed by atoms with van der Waals surface area (Å²) in [5.74, 6) is -0.803. The molecule has 116 valence electrons. The molecule has 1 amide bonds. The molecule has 21 heavy (non-hydrogen) atoms. The Hall–Kier alpha value is -1.44. The van der Waals surface area contributed by atoms with Crippen molar-refractivity contribution < 1.29 is 17.9 Å². The van der Waals surface area contributed by atoms with Gasteiger partial charge in [0, 0.05) is 6.54 Å². The Bertz CT molecular complexity index is 611. The van der Waals surface area contributed by atoms with Gasteiger partial charge in [-0.15, -0.1) is 0 Å². The van der Waals surface area contributed by atoms with Gasteiger partial charge in [0.2, 0.25) is 15.9 Å². The lowest BCUT2D eigenvalue weighted by Gasteiger charge is -2.20. The molecular weight excluding hydrogens is 292 g/mol. The monoisotopic (exact) mass is 312 g/mol. The van der Waals surface area contributed by atoms with Crippen LogP contribution in [0, 0.1) is 0 Å². The van der Waals surface area contributed by atoms with Crippen LogP contribution in [-0.4, -0.2) is 44.4 Å². The molecule has 6 nitrogen and oxygen atoms in total. The Balaban J connectivity index is 2.14. The smallest absolute Gasteiger partial charge is 0.232 e. The summed E-state index contributed by atoms with van der Waals surface area (Å²) < 4.78 is 31.1. The third-order valence-electron chi connectivity index (χ3n) is 3.28. The van der Waals surface area contributed by atoms with Gasteiger partial charge in [-0.05, 0) is 17.5 Å². The second-order valence-electron chi connectivity index (χ2n) is 5.14. The predicted molar refractivity (Wildman–Crippen MR) is 79.0 cm³/mol. The SMILES string of the molecule is CCc1cccc(CS(=O)(=O)N(CC(N)=O)CC2CO2)c1. The van der Waals surface area contributed by atoms with E-state index in [1.807, 2.05) is 25.1 Å². The lowest BCUT2D eigenvalue weighted by molar-refractivity contribution is -0.118. The fourth-order valence-corrected chi connectivity index (χ4v) is 3.59. The molecule has 1 aromatic carbocycles. The zero-order valence-electron chi connectivity index (χ0n) is 12.0. The molecule has 1 heterocycles. The number of sulfonamides is 1. The Morgan fingerprint density at radius 2 is 2.10 bits per heavy atom. The van der Waals surface area contributed by atoms with E-state index in [1.165, 1.54) is 0 Å². The molecule has 1 aliphatic rings. The third-order valence-corrected chi connectivity index (χ3v) is 5.05. The van der Waals surface area contributed by atoms with E-state index in [0.29, 0.717) is 12.2 Å². The zero-order chi connectivity index (χ0) is 15.5. The van der Waals surface area contributed by atoms with E-state index in [4.69, 9.17) is 10.5 Å². The van der Waals surface area contributed by atoms with E-state index in [2.05, 4.69) is 0 Å². The molecule has 0 bridgehead atoms. The van der Waals surface area contributed by atoms with Crippen molar-refractivity contribution in [3.8, 4) is 0 Å². The lowest BCUT2D eigenvalue weighted by atomic mass is 10.1. The average Bonchev–Trinajstić information content (AvgIpc) is 3.21. The molecule has 1 unspecified atom stereocenters. The molecule has 1 aromatic rings. The minimum Gasteiger partial charge on any atom is -0.372 e. The maximum absolute atomic E-state index is 12.5. The summed E-state index contributed by atoms with van der Waals surface area (Å²) in [4.78, 5) is 11.1. The van der Waals surface area contributed by atoms with E-state index in [0.717, 1.165) is 16.3 Å². The fourth-order valence-electron chi connectivity index (χ4n) is 2.09. The van der Waals surface area contributed by atoms with Gasteiger partial charge in [-0.1, -0.05) is 31.2 Å². The highest BCUT2D eigenvalue weighted by Crippen LogP contribution is 2.17. The van der Waals surface area contributed by atoms with E-state index in [-0.39, 0.29) is 24.9 Å². The van der Waals surface area contributed by atoms with Crippen molar-refractivity contribution in [2.45, 2.75) is 25.2 Å². The number of benzene rings is 1. The fraction of sp³-hybridized carbons (Fsp3) is 0.500. The predicted octanol–water partition coefficient (Wildman–Crippen LogP) is 0.265. The molecule has 0 saturated carbocycles. The van der Waals surface area contributed by atoms with Crippen LogP contribution >= 0.6 is 0 Å². The van der Waals surface area contributed by atoms with E-state index < -0.39 is 15.9 Å². The summed E-state index contributed by atoms with van der Waals surface area (Å²) in [5.41, 5.74) is 6.93. The van der Waals surface area contributed by atoms with Gasteiger partial charge in [0.05, 0.1) is 25.0 Å². The van der Waals surface area contributed by atoms with Crippen LogP contribution in [0.2, 0.25) is 0 Å². The van der Waals surface area contributed by atoms with Crippen molar-refractivity contribution in [1.82, 2.24) is 4.31 Å². The summed E-state index contributed by atoms with van der Waals surface area (Å²) in [7, 11) is -3.60. The second-order valence-corrected chi connectivity index (χ2v) is 7.11. The van der Waals surface area contributed by atoms with Crippen molar-refractivity contribution in [3.63, 3.8) is 0 Å². The molecule has 0 aliphatic carbocycles. The Morgan fingerprint density at radius 3 is 2.67 bits per heavy atom. The van der Waals surface area contributed by atoms with Crippen LogP contribution in [0.1, 0.15) is 18.1 Å². The van der Waals surface area contributed by atoms with Gasteiger partial charge in [-0.3, -0.25) is 4.79 Å². The van der Waals surface area contributed by atoms with Crippen molar-refractivity contribution in [2.24, 2.45) is 5.73 Å². The van der Waals surface area contributed by atoms with Gasteiger partial charge in [0.25, 0.3) is 0 Å². The number of epoxide rings is 1. The maximum Gasteiger partial charge on any atom is 0.232 e. The van der Waals surface area contributed by atoms with Crippen LogP contribution in [-0.2, 0) is 31.7 Å². The number of rotatable bonds is 8. The molecule has 0 aromatic heterocycles. The number of carbonyl (C=O) groups is 1. The molecule has 0 spiro atoms. The van der Waals surface area contributed by atoms with Gasteiger partial charge in [-0.25, -0.2) is 8.42 Å².